The van der Waals surface area contributed by atoms with E-state index in [1.807, 2.05) is 12.3 Å². The standard InChI is InChI=1S/C24H26N6O4S/c1-14(31)35(32,33)29-12-17(13-29)30-11-16(10-25-30)22-24-20(27-28-22)9-21(34-2)23(26-24)19-8-4-6-15-5-3-7-18(15)19/h4,6,8-11,14,17,31H,3,5,7,12-13H2,1-2H3,(H,27,28). The first kappa shape index (κ1) is 22.2. The highest BCUT2D eigenvalue weighted by Gasteiger charge is 2.39. The maximum absolute atomic E-state index is 12.1. The maximum atomic E-state index is 12.1. The molecular formula is C24H26N6O4S. The number of nitrogens with zero attached hydrogens (tertiary/aromatic N) is 5. The van der Waals surface area contributed by atoms with E-state index in [2.05, 4.69) is 33.5 Å². The zero-order chi connectivity index (χ0) is 24.3. The van der Waals surface area contributed by atoms with Gasteiger partial charge >= 0.3 is 0 Å². The Kier molecular flexibility index (Phi) is 5.17. The molecule has 1 atom stereocenters. The summed E-state index contributed by atoms with van der Waals surface area (Å²) >= 11 is 0. The number of pyridine rings is 1. The molecule has 11 heteroatoms. The van der Waals surface area contributed by atoms with Gasteiger partial charge in [0, 0.05) is 36.5 Å². The van der Waals surface area contributed by atoms with Gasteiger partial charge in [-0.25, -0.2) is 13.4 Å². The number of rotatable bonds is 6. The number of benzene rings is 1. The van der Waals surface area contributed by atoms with Crippen LogP contribution in [0.25, 0.3) is 33.5 Å². The molecule has 2 aliphatic rings. The van der Waals surface area contributed by atoms with Crippen LogP contribution in [0.2, 0.25) is 0 Å². The Morgan fingerprint density at radius 2 is 2.06 bits per heavy atom. The predicted molar refractivity (Wildman–Crippen MR) is 130 cm³/mol. The fourth-order valence-corrected chi connectivity index (χ4v) is 6.18. The lowest BCUT2D eigenvalue weighted by molar-refractivity contribution is 0.173. The van der Waals surface area contributed by atoms with Crippen molar-refractivity contribution in [2.45, 2.75) is 37.7 Å². The van der Waals surface area contributed by atoms with Gasteiger partial charge in [-0.15, -0.1) is 0 Å². The summed E-state index contributed by atoms with van der Waals surface area (Å²) in [5.74, 6) is 0.692. The van der Waals surface area contributed by atoms with E-state index in [9.17, 15) is 13.5 Å². The molecule has 1 aliphatic heterocycles. The van der Waals surface area contributed by atoms with Crippen LogP contribution in [-0.2, 0) is 22.9 Å². The lowest BCUT2D eigenvalue weighted by Gasteiger charge is -2.38. The van der Waals surface area contributed by atoms with Crippen molar-refractivity contribution in [3.63, 3.8) is 0 Å². The van der Waals surface area contributed by atoms with Gasteiger partial charge in [0.1, 0.15) is 22.7 Å². The first-order valence-corrected chi connectivity index (χ1v) is 13.1. The smallest absolute Gasteiger partial charge is 0.240 e. The highest BCUT2D eigenvalue weighted by atomic mass is 32.2. The number of sulfonamides is 1. The van der Waals surface area contributed by atoms with Crippen LogP contribution in [-0.4, -0.2) is 68.4 Å². The molecule has 3 aromatic heterocycles. The van der Waals surface area contributed by atoms with E-state index < -0.39 is 15.5 Å². The first-order valence-electron chi connectivity index (χ1n) is 11.6. The van der Waals surface area contributed by atoms with E-state index in [0.29, 0.717) is 11.4 Å². The largest absolute Gasteiger partial charge is 0.494 e. The summed E-state index contributed by atoms with van der Waals surface area (Å²) in [6, 6.07) is 8.19. The number of hydrogen-bond acceptors (Lipinski definition) is 7. The van der Waals surface area contributed by atoms with Crippen molar-refractivity contribution in [3.8, 4) is 28.3 Å². The third-order valence-electron chi connectivity index (χ3n) is 6.99. The lowest BCUT2D eigenvalue weighted by atomic mass is 9.99. The van der Waals surface area contributed by atoms with Crippen molar-refractivity contribution >= 4 is 21.1 Å². The summed E-state index contributed by atoms with van der Waals surface area (Å²) < 4.78 is 32.9. The van der Waals surface area contributed by atoms with Gasteiger partial charge in [-0.05, 0) is 37.3 Å². The Balaban J connectivity index is 1.35. The monoisotopic (exact) mass is 494 g/mol. The number of aliphatic hydroxyl groups is 1. The topological polar surface area (TPSA) is 126 Å². The van der Waals surface area contributed by atoms with Crippen LogP contribution in [0.1, 0.15) is 30.5 Å². The number of H-pyrrole nitrogens is 1. The average Bonchev–Trinajstić information content (AvgIpc) is 3.55. The van der Waals surface area contributed by atoms with E-state index >= 15 is 0 Å². The fraction of sp³-hybridized carbons (Fsp3) is 0.375. The van der Waals surface area contributed by atoms with Gasteiger partial charge in [0.15, 0.2) is 5.44 Å². The molecule has 10 nitrogen and oxygen atoms in total. The van der Waals surface area contributed by atoms with Crippen molar-refractivity contribution in [3.05, 3.63) is 47.8 Å². The molecule has 4 aromatic rings. The van der Waals surface area contributed by atoms with Crippen LogP contribution in [0.3, 0.4) is 0 Å². The Morgan fingerprint density at radius 1 is 1.23 bits per heavy atom. The molecule has 1 fully saturated rings. The van der Waals surface area contributed by atoms with Gasteiger partial charge < -0.3 is 9.84 Å². The quantitative estimate of drug-likeness (QED) is 0.422. The Hall–Kier alpha value is -3.28. The molecule has 2 N–H and O–H groups in total. The van der Waals surface area contributed by atoms with Crippen LogP contribution in [0, 0.1) is 0 Å². The SMILES string of the molecule is COc1cc2[nH]nc(-c3cnn(C4CN(S(=O)(=O)C(C)O)C4)c3)c2nc1-c1cccc2c1CCC2. The number of aryl methyl sites for hydroxylation is 1. The molecule has 4 heterocycles. The highest BCUT2D eigenvalue weighted by molar-refractivity contribution is 7.89. The number of fused-ring (bicyclic) bond motifs is 2. The van der Waals surface area contributed by atoms with Gasteiger partial charge in [-0.2, -0.15) is 14.5 Å². The first-order chi connectivity index (χ1) is 16.9. The number of methoxy groups -OCH3 is 1. The van der Waals surface area contributed by atoms with Gasteiger partial charge in [0.2, 0.25) is 10.0 Å². The Bertz CT molecular complexity index is 1530. The van der Waals surface area contributed by atoms with Crippen molar-refractivity contribution in [2.24, 2.45) is 0 Å². The van der Waals surface area contributed by atoms with Gasteiger partial charge in [0.05, 0.1) is 24.9 Å². The summed E-state index contributed by atoms with van der Waals surface area (Å²) in [7, 11) is -2.03. The van der Waals surface area contributed by atoms with Crippen LogP contribution in [0.15, 0.2) is 36.7 Å². The van der Waals surface area contributed by atoms with Gasteiger partial charge in [-0.3, -0.25) is 9.78 Å². The van der Waals surface area contributed by atoms with Crippen LogP contribution in [0.5, 0.6) is 5.75 Å². The van der Waals surface area contributed by atoms with E-state index in [-0.39, 0.29) is 19.1 Å². The van der Waals surface area contributed by atoms with Crippen LogP contribution in [0.4, 0.5) is 0 Å². The summed E-state index contributed by atoms with van der Waals surface area (Å²) in [5.41, 5.74) is 6.12. The number of nitrogens with one attached hydrogen (secondary N) is 1. The number of aromatic nitrogens is 5. The van der Waals surface area contributed by atoms with E-state index in [4.69, 9.17) is 9.72 Å². The molecule has 0 amide bonds. The second kappa shape index (κ2) is 8.14. The zero-order valence-corrected chi connectivity index (χ0v) is 20.3. The summed E-state index contributed by atoms with van der Waals surface area (Å²) in [6.07, 6.45) is 6.83. The fourth-order valence-electron chi connectivity index (χ4n) is 4.99. The molecule has 0 spiro atoms. The molecule has 182 valence electrons. The van der Waals surface area contributed by atoms with Gasteiger partial charge in [-0.1, -0.05) is 18.2 Å². The predicted octanol–water partition coefficient (Wildman–Crippen LogP) is 2.51. The minimum absolute atomic E-state index is 0.0991. The number of aromatic amines is 1. The number of aliphatic hydroxyl groups excluding tert-OH is 1. The minimum Gasteiger partial charge on any atom is -0.494 e. The minimum atomic E-state index is -3.68. The van der Waals surface area contributed by atoms with E-state index in [1.54, 1.807) is 18.0 Å². The second-order valence-electron chi connectivity index (χ2n) is 9.13. The van der Waals surface area contributed by atoms with E-state index in [0.717, 1.165) is 47.1 Å². The maximum Gasteiger partial charge on any atom is 0.240 e. The molecule has 6 rings (SSSR count). The molecule has 35 heavy (non-hydrogen) atoms. The molecule has 0 bridgehead atoms. The number of hydrogen-bond donors (Lipinski definition) is 2. The molecule has 0 saturated carbocycles. The summed E-state index contributed by atoms with van der Waals surface area (Å²) in [4.78, 5) is 5.01. The Labute approximate surface area is 202 Å². The molecule has 0 radical (unpaired) electrons. The second-order valence-corrected chi connectivity index (χ2v) is 11.4. The molecular weight excluding hydrogens is 468 g/mol. The summed E-state index contributed by atoms with van der Waals surface area (Å²) in [5, 5.41) is 21.5. The lowest BCUT2D eigenvalue weighted by Crippen LogP contribution is -2.53. The molecule has 1 aliphatic carbocycles. The Morgan fingerprint density at radius 3 is 2.83 bits per heavy atom. The molecule has 1 saturated heterocycles. The average molecular weight is 495 g/mol. The molecule has 1 aromatic carbocycles. The number of ether oxygens (including phenoxy) is 1. The summed E-state index contributed by atoms with van der Waals surface area (Å²) in [6.45, 7) is 1.81. The van der Waals surface area contributed by atoms with Crippen molar-refractivity contribution in [1.82, 2.24) is 29.3 Å². The zero-order valence-electron chi connectivity index (χ0n) is 19.5. The van der Waals surface area contributed by atoms with Gasteiger partial charge in [0.25, 0.3) is 0 Å². The van der Waals surface area contributed by atoms with Crippen LogP contribution >= 0.6 is 0 Å². The third-order valence-corrected chi connectivity index (χ3v) is 8.87. The van der Waals surface area contributed by atoms with Crippen LogP contribution < -0.4 is 4.74 Å². The third kappa shape index (κ3) is 3.53. The highest BCUT2D eigenvalue weighted by Crippen LogP contribution is 2.39. The molecule has 1 unspecified atom stereocenters. The normalized spacial score (nSPS) is 17.5. The van der Waals surface area contributed by atoms with Crippen molar-refractivity contribution in [1.29, 1.82) is 0 Å². The van der Waals surface area contributed by atoms with Crippen molar-refractivity contribution < 1.29 is 18.3 Å². The van der Waals surface area contributed by atoms with Crippen molar-refractivity contribution in [2.75, 3.05) is 20.2 Å². The van der Waals surface area contributed by atoms with E-state index in [1.165, 1.54) is 22.4 Å².